The number of guanidine groups is 1. The largest absolute Gasteiger partial charge is 0.380 e. The van der Waals surface area contributed by atoms with Crippen molar-refractivity contribution in [1.29, 1.82) is 0 Å². The number of halogens is 1. The molecule has 0 unspecified atom stereocenters. The van der Waals surface area contributed by atoms with Gasteiger partial charge in [-0.05, 0) is 30.5 Å². The first-order valence-electron chi connectivity index (χ1n) is 8.35. The number of hydrogen-bond donors (Lipinski definition) is 2. The van der Waals surface area contributed by atoms with Crippen LogP contribution in [0.5, 0.6) is 0 Å². The van der Waals surface area contributed by atoms with Gasteiger partial charge in [-0.1, -0.05) is 54.1 Å². The SMILES string of the molecule is CCNC(=NCc1cccc(C)c1)NCc1ccc(COC)cc1.I. The van der Waals surface area contributed by atoms with Gasteiger partial charge >= 0.3 is 0 Å². The molecule has 0 amide bonds. The molecule has 0 fully saturated rings. The number of methoxy groups -OCH3 is 1. The maximum Gasteiger partial charge on any atom is 0.191 e. The van der Waals surface area contributed by atoms with Crippen LogP contribution in [-0.4, -0.2) is 19.6 Å². The van der Waals surface area contributed by atoms with Crippen molar-refractivity contribution in [1.82, 2.24) is 10.6 Å². The standard InChI is InChI=1S/C20H27N3O.HI/c1-4-21-20(23-14-19-7-5-6-16(2)12-19)22-13-17-8-10-18(11-9-17)15-24-3;/h5-12H,4,13-15H2,1-3H3,(H2,21,22,23);1H. The lowest BCUT2D eigenvalue weighted by molar-refractivity contribution is 0.185. The van der Waals surface area contributed by atoms with E-state index < -0.39 is 0 Å². The van der Waals surface area contributed by atoms with Crippen molar-refractivity contribution < 1.29 is 4.74 Å². The minimum Gasteiger partial charge on any atom is -0.380 e. The molecular weight excluding hydrogens is 425 g/mol. The molecule has 0 aliphatic rings. The van der Waals surface area contributed by atoms with Gasteiger partial charge in [0.15, 0.2) is 5.96 Å². The topological polar surface area (TPSA) is 45.7 Å². The third kappa shape index (κ3) is 7.88. The molecule has 0 saturated heterocycles. The van der Waals surface area contributed by atoms with Gasteiger partial charge < -0.3 is 15.4 Å². The fourth-order valence-corrected chi connectivity index (χ4v) is 2.43. The Morgan fingerprint density at radius 2 is 1.72 bits per heavy atom. The zero-order chi connectivity index (χ0) is 17.2. The third-order valence-corrected chi connectivity index (χ3v) is 3.64. The number of rotatable bonds is 7. The summed E-state index contributed by atoms with van der Waals surface area (Å²) in [5.74, 6) is 0.833. The highest BCUT2D eigenvalue weighted by atomic mass is 127. The maximum absolute atomic E-state index is 5.14. The van der Waals surface area contributed by atoms with Crippen molar-refractivity contribution in [3.8, 4) is 0 Å². The molecule has 0 aliphatic heterocycles. The molecule has 2 N–H and O–H groups in total. The van der Waals surface area contributed by atoms with Crippen molar-refractivity contribution in [2.75, 3.05) is 13.7 Å². The van der Waals surface area contributed by atoms with Gasteiger partial charge in [0.25, 0.3) is 0 Å². The Balaban J connectivity index is 0.00000312. The van der Waals surface area contributed by atoms with E-state index in [1.807, 2.05) is 0 Å². The second-order valence-electron chi connectivity index (χ2n) is 5.79. The minimum atomic E-state index is 0. The zero-order valence-corrected chi connectivity index (χ0v) is 17.5. The molecule has 0 spiro atoms. The van der Waals surface area contributed by atoms with Gasteiger partial charge in [-0.2, -0.15) is 0 Å². The Morgan fingerprint density at radius 1 is 1.00 bits per heavy atom. The molecule has 5 heteroatoms. The van der Waals surface area contributed by atoms with Gasteiger partial charge in [0, 0.05) is 20.2 Å². The number of ether oxygens (including phenoxy) is 1. The molecular formula is C20H28IN3O. The van der Waals surface area contributed by atoms with Crippen LogP contribution in [0.4, 0.5) is 0 Å². The van der Waals surface area contributed by atoms with Gasteiger partial charge in [0.05, 0.1) is 13.2 Å². The summed E-state index contributed by atoms with van der Waals surface area (Å²) in [4.78, 5) is 4.66. The molecule has 0 aromatic heterocycles. The first-order chi connectivity index (χ1) is 11.7. The lowest BCUT2D eigenvalue weighted by Crippen LogP contribution is -2.36. The molecule has 0 aliphatic carbocycles. The Bertz CT molecular complexity index is 656. The van der Waals surface area contributed by atoms with Gasteiger partial charge in [-0.25, -0.2) is 4.99 Å². The minimum absolute atomic E-state index is 0. The molecule has 0 radical (unpaired) electrons. The van der Waals surface area contributed by atoms with Crippen LogP contribution in [0.3, 0.4) is 0 Å². The number of aliphatic imine (C=N–C) groups is 1. The molecule has 136 valence electrons. The van der Waals surface area contributed by atoms with Gasteiger partial charge in [-0.3, -0.25) is 0 Å². The Kier molecular flexibility index (Phi) is 10.2. The van der Waals surface area contributed by atoms with Crippen LogP contribution < -0.4 is 10.6 Å². The van der Waals surface area contributed by atoms with Crippen LogP contribution in [0.1, 0.15) is 29.2 Å². The summed E-state index contributed by atoms with van der Waals surface area (Å²) >= 11 is 0. The van der Waals surface area contributed by atoms with Crippen LogP contribution in [0.2, 0.25) is 0 Å². The fraction of sp³-hybridized carbons (Fsp3) is 0.350. The molecule has 0 bridgehead atoms. The first-order valence-corrected chi connectivity index (χ1v) is 8.35. The van der Waals surface area contributed by atoms with E-state index in [1.54, 1.807) is 7.11 Å². The summed E-state index contributed by atoms with van der Waals surface area (Å²) in [7, 11) is 1.71. The number of aryl methyl sites for hydroxylation is 1. The average Bonchev–Trinajstić information content (AvgIpc) is 2.59. The summed E-state index contributed by atoms with van der Waals surface area (Å²) in [6.07, 6.45) is 0. The van der Waals surface area contributed by atoms with E-state index in [2.05, 4.69) is 78.0 Å². The van der Waals surface area contributed by atoms with Crippen molar-refractivity contribution in [2.45, 2.75) is 33.5 Å². The smallest absolute Gasteiger partial charge is 0.191 e. The van der Waals surface area contributed by atoms with Crippen molar-refractivity contribution in [3.63, 3.8) is 0 Å². The summed E-state index contributed by atoms with van der Waals surface area (Å²) < 4.78 is 5.14. The average molecular weight is 453 g/mol. The first kappa shape index (κ1) is 21.4. The van der Waals surface area contributed by atoms with Crippen LogP contribution >= 0.6 is 24.0 Å². The van der Waals surface area contributed by atoms with Crippen molar-refractivity contribution in [2.24, 2.45) is 4.99 Å². The van der Waals surface area contributed by atoms with Crippen LogP contribution in [0.25, 0.3) is 0 Å². The van der Waals surface area contributed by atoms with Gasteiger partial charge in [0.1, 0.15) is 0 Å². The van der Waals surface area contributed by atoms with Gasteiger partial charge in [0.2, 0.25) is 0 Å². The molecule has 0 saturated carbocycles. The second kappa shape index (κ2) is 11.9. The number of hydrogen-bond acceptors (Lipinski definition) is 2. The lowest BCUT2D eigenvalue weighted by atomic mass is 10.1. The zero-order valence-electron chi connectivity index (χ0n) is 15.2. The van der Waals surface area contributed by atoms with E-state index in [0.29, 0.717) is 13.2 Å². The molecule has 0 heterocycles. The predicted octanol–water partition coefficient (Wildman–Crippen LogP) is 4.01. The summed E-state index contributed by atoms with van der Waals surface area (Å²) in [6.45, 7) is 7.07. The number of nitrogens with zero attached hydrogens (tertiary/aromatic N) is 1. The highest BCUT2D eigenvalue weighted by Gasteiger charge is 2.00. The Labute approximate surface area is 168 Å². The Hall–Kier alpha value is -1.60. The number of nitrogens with one attached hydrogen (secondary N) is 2. The third-order valence-electron chi connectivity index (χ3n) is 3.64. The molecule has 2 aromatic carbocycles. The lowest BCUT2D eigenvalue weighted by Gasteiger charge is -2.12. The Morgan fingerprint density at radius 3 is 2.36 bits per heavy atom. The number of benzene rings is 2. The molecule has 0 atom stereocenters. The summed E-state index contributed by atoms with van der Waals surface area (Å²) in [5.41, 5.74) is 4.88. The van der Waals surface area contributed by atoms with E-state index >= 15 is 0 Å². The molecule has 2 rings (SSSR count). The van der Waals surface area contributed by atoms with E-state index in [1.165, 1.54) is 22.3 Å². The molecule has 25 heavy (non-hydrogen) atoms. The predicted molar refractivity (Wildman–Crippen MR) is 115 cm³/mol. The normalized spacial score (nSPS) is 10.9. The monoisotopic (exact) mass is 453 g/mol. The molecule has 2 aromatic rings. The maximum atomic E-state index is 5.14. The van der Waals surface area contributed by atoms with Crippen LogP contribution in [0.15, 0.2) is 53.5 Å². The summed E-state index contributed by atoms with van der Waals surface area (Å²) in [6, 6.07) is 16.9. The van der Waals surface area contributed by atoms with E-state index in [-0.39, 0.29) is 24.0 Å². The van der Waals surface area contributed by atoms with Crippen LogP contribution in [0, 0.1) is 6.92 Å². The van der Waals surface area contributed by atoms with Crippen molar-refractivity contribution >= 4 is 29.9 Å². The highest BCUT2D eigenvalue weighted by Crippen LogP contribution is 2.06. The van der Waals surface area contributed by atoms with Gasteiger partial charge in [-0.15, -0.1) is 24.0 Å². The van der Waals surface area contributed by atoms with E-state index in [9.17, 15) is 0 Å². The van der Waals surface area contributed by atoms with Crippen molar-refractivity contribution in [3.05, 3.63) is 70.8 Å². The van der Waals surface area contributed by atoms with E-state index in [4.69, 9.17) is 4.74 Å². The molecule has 4 nitrogen and oxygen atoms in total. The quantitative estimate of drug-likeness (QED) is 0.378. The second-order valence-corrected chi connectivity index (χ2v) is 5.79. The van der Waals surface area contributed by atoms with E-state index in [0.717, 1.165) is 19.0 Å². The highest BCUT2D eigenvalue weighted by molar-refractivity contribution is 14.0. The van der Waals surface area contributed by atoms with Crippen LogP contribution in [-0.2, 0) is 24.4 Å². The summed E-state index contributed by atoms with van der Waals surface area (Å²) in [5, 5.41) is 6.67. The fourth-order valence-electron chi connectivity index (χ4n) is 2.43.